The van der Waals surface area contributed by atoms with Crippen molar-refractivity contribution >= 4 is 0 Å². The summed E-state index contributed by atoms with van der Waals surface area (Å²) >= 11 is 0. The Kier molecular flexibility index (Phi) is 4.21. The number of hydrogen-bond donors (Lipinski definition) is 1. The van der Waals surface area contributed by atoms with Gasteiger partial charge < -0.3 is 9.73 Å². The SMILES string of the molecule is CCCNCc1coc(-c2ccc(F)c(F)c2F)n1. The fourth-order valence-electron chi connectivity index (χ4n) is 1.60. The van der Waals surface area contributed by atoms with Crippen LogP contribution in [0.5, 0.6) is 0 Å². The van der Waals surface area contributed by atoms with Gasteiger partial charge in [-0.2, -0.15) is 0 Å². The summed E-state index contributed by atoms with van der Waals surface area (Å²) in [6, 6.07) is 1.94. The highest BCUT2D eigenvalue weighted by atomic mass is 19.2. The molecule has 0 saturated carbocycles. The summed E-state index contributed by atoms with van der Waals surface area (Å²) in [5, 5.41) is 3.10. The summed E-state index contributed by atoms with van der Waals surface area (Å²) in [5.41, 5.74) is 0.383. The predicted molar refractivity (Wildman–Crippen MR) is 63.8 cm³/mol. The highest BCUT2D eigenvalue weighted by Gasteiger charge is 2.18. The third-order valence-corrected chi connectivity index (χ3v) is 2.55. The van der Waals surface area contributed by atoms with Gasteiger partial charge in [0.05, 0.1) is 11.3 Å². The number of nitrogens with one attached hydrogen (secondary N) is 1. The molecule has 1 N–H and O–H groups in total. The lowest BCUT2D eigenvalue weighted by Gasteiger charge is -2.00. The van der Waals surface area contributed by atoms with E-state index in [-0.39, 0.29) is 11.5 Å². The van der Waals surface area contributed by atoms with Crippen LogP contribution < -0.4 is 5.32 Å². The Morgan fingerprint density at radius 3 is 2.74 bits per heavy atom. The molecule has 1 heterocycles. The Balaban J connectivity index is 2.21. The highest BCUT2D eigenvalue weighted by Crippen LogP contribution is 2.25. The van der Waals surface area contributed by atoms with Crippen molar-refractivity contribution in [3.05, 3.63) is 41.5 Å². The Morgan fingerprint density at radius 1 is 1.21 bits per heavy atom. The predicted octanol–water partition coefficient (Wildman–Crippen LogP) is 3.26. The molecule has 0 amide bonds. The van der Waals surface area contributed by atoms with Gasteiger partial charge in [-0.1, -0.05) is 6.92 Å². The van der Waals surface area contributed by atoms with Gasteiger partial charge in [-0.15, -0.1) is 0 Å². The van der Waals surface area contributed by atoms with Crippen LogP contribution in [0.3, 0.4) is 0 Å². The van der Waals surface area contributed by atoms with E-state index in [0.29, 0.717) is 12.2 Å². The maximum absolute atomic E-state index is 13.5. The fourth-order valence-corrected chi connectivity index (χ4v) is 1.60. The van der Waals surface area contributed by atoms with Crippen LogP contribution in [-0.2, 0) is 6.54 Å². The van der Waals surface area contributed by atoms with Crippen LogP contribution in [0.2, 0.25) is 0 Å². The minimum Gasteiger partial charge on any atom is -0.444 e. The molecule has 0 unspecified atom stereocenters. The molecule has 102 valence electrons. The molecule has 2 rings (SSSR count). The van der Waals surface area contributed by atoms with Gasteiger partial charge >= 0.3 is 0 Å². The molecule has 6 heteroatoms. The number of halogens is 3. The van der Waals surface area contributed by atoms with Crippen molar-refractivity contribution in [2.45, 2.75) is 19.9 Å². The molecule has 0 aliphatic heterocycles. The first-order valence-electron chi connectivity index (χ1n) is 5.92. The second-order valence-electron chi connectivity index (χ2n) is 4.04. The largest absolute Gasteiger partial charge is 0.444 e. The molecule has 2 aromatic rings. The Bertz CT molecular complexity index is 569. The molecule has 0 saturated heterocycles. The van der Waals surface area contributed by atoms with E-state index in [0.717, 1.165) is 25.1 Å². The summed E-state index contributed by atoms with van der Waals surface area (Å²) in [5.74, 6) is -4.13. The zero-order valence-corrected chi connectivity index (χ0v) is 10.3. The smallest absolute Gasteiger partial charge is 0.229 e. The van der Waals surface area contributed by atoms with Crippen molar-refractivity contribution in [1.29, 1.82) is 0 Å². The molecule has 1 aromatic heterocycles. The first-order valence-corrected chi connectivity index (χ1v) is 5.92. The number of benzene rings is 1. The van der Waals surface area contributed by atoms with Crippen LogP contribution in [0, 0.1) is 17.5 Å². The van der Waals surface area contributed by atoms with Gasteiger partial charge in [0.15, 0.2) is 17.5 Å². The van der Waals surface area contributed by atoms with Crippen LogP contribution in [0.1, 0.15) is 19.0 Å². The molecule has 0 atom stereocenters. The molecule has 0 aliphatic rings. The van der Waals surface area contributed by atoms with Crippen LogP contribution in [0.25, 0.3) is 11.5 Å². The molecule has 19 heavy (non-hydrogen) atoms. The summed E-state index contributed by atoms with van der Waals surface area (Å²) in [4.78, 5) is 4.03. The highest BCUT2D eigenvalue weighted by molar-refractivity contribution is 5.54. The summed E-state index contributed by atoms with van der Waals surface area (Å²) in [6.07, 6.45) is 2.33. The maximum Gasteiger partial charge on any atom is 0.229 e. The zero-order valence-electron chi connectivity index (χ0n) is 10.3. The molecular weight excluding hydrogens is 257 g/mol. The molecule has 0 aliphatic carbocycles. The Hall–Kier alpha value is -1.82. The number of rotatable bonds is 5. The van der Waals surface area contributed by atoms with Crippen molar-refractivity contribution in [2.24, 2.45) is 0 Å². The second kappa shape index (κ2) is 5.88. The molecule has 0 fully saturated rings. The van der Waals surface area contributed by atoms with Gasteiger partial charge in [0.1, 0.15) is 6.26 Å². The summed E-state index contributed by atoms with van der Waals surface area (Å²) in [7, 11) is 0. The topological polar surface area (TPSA) is 38.1 Å². The van der Waals surface area contributed by atoms with Crippen LogP contribution in [0.15, 0.2) is 22.8 Å². The van der Waals surface area contributed by atoms with Crippen molar-refractivity contribution in [2.75, 3.05) is 6.54 Å². The van der Waals surface area contributed by atoms with E-state index < -0.39 is 17.5 Å². The average Bonchev–Trinajstić information content (AvgIpc) is 2.85. The van der Waals surface area contributed by atoms with Crippen LogP contribution in [0.4, 0.5) is 13.2 Å². The van der Waals surface area contributed by atoms with Crippen molar-refractivity contribution in [3.8, 4) is 11.5 Å². The van der Waals surface area contributed by atoms with Gasteiger partial charge in [0, 0.05) is 6.54 Å². The van der Waals surface area contributed by atoms with Crippen LogP contribution in [-0.4, -0.2) is 11.5 Å². The second-order valence-corrected chi connectivity index (χ2v) is 4.04. The first-order chi connectivity index (χ1) is 9.13. The minimum atomic E-state index is -1.53. The van der Waals surface area contributed by atoms with E-state index in [1.807, 2.05) is 6.92 Å². The zero-order chi connectivity index (χ0) is 13.8. The fraction of sp³-hybridized carbons (Fsp3) is 0.308. The van der Waals surface area contributed by atoms with Crippen LogP contribution >= 0.6 is 0 Å². The average molecular weight is 270 g/mol. The Labute approximate surface area is 108 Å². The molecule has 0 bridgehead atoms. The third kappa shape index (κ3) is 2.96. The van der Waals surface area contributed by atoms with Gasteiger partial charge in [0.2, 0.25) is 5.89 Å². The van der Waals surface area contributed by atoms with Crippen molar-refractivity contribution in [3.63, 3.8) is 0 Å². The molecule has 0 radical (unpaired) electrons. The molecule has 1 aromatic carbocycles. The Morgan fingerprint density at radius 2 is 2.00 bits per heavy atom. The van der Waals surface area contributed by atoms with E-state index >= 15 is 0 Å². The normalized spacial score (nSPS) is 10.9. The van der Waals surface area contributed by atoms with E-state index in [4.69, 9.17) is 4.42 Å². The summed E-state index contributed by atoms with van der Waals surface area (Å²) in [6.45, 7) is 3.32. The maximum atomic E-state index is 13.5. The van der Waals surface area contributed by atoms with E-state index in [1.165, 1.54) is 6.26 Å². The van der Waals surface area contributed by atoms with E-state index in [2.05, 4.69) is 10.3 Å². The minimum absolute atomic E-state index is 0.0651. The number of nitrogens with zero attached hydrogens (tertiary/aromatic N) is 1. The van der Waals surface area contributed by atoms with E-state index in [9.17, 15) is 13.2 Å². The van der Waals surface area contributed by atoms with Crippen molar-refractivity contribution in [1.82, 2.24) is 10.3 Å². The molecular formula is C13H13F3N2O. The monoisotopic (exact) mass is 270 g/mol. The van der Waals surface area contributed by atoms with Gasteiger partial charge in [-0.3, -0.25) is 0 Å². The molecule has 3 nitrogen and oxygen atoms in total. The van der Waals surface area contributed by atoms with Gasteiger partial charge in [-0.25, -0.2) is 18.2 Å². The number of hydrogen-bond acceptors (Lipinski definition) is 3. The lowest BCUT2D eigenvalue weighted by atomic mass is 10.2. The lowest BCUT2D eigenvalue weighted by Crippen LogP contribution is -2.13. The standard InChI is InChI=1S/C13H13F3N2O/c1-2-5-17-6-8-7-19-13(18-8)9-3-4-10(14)12(16)11(9)15/h3-4,7,17H,2,5-6H2,1H3. The number of aromatic nitrogens is 1. The lowest BCUT2D eigenvalue weighted by molar-refractivity contribution is 0.446. The molecule has 0 spiro atoms. The van der Waals surface area contributed by atoms with E-state index in [1.54, 1.807) is 0 Å². The third-order valence-electron chi connectivity index (χ3n) is 2.55. The van der Waals surface area contributed by atoms with Crippen molar-refractivity contribution < 1.29 is 17.6 Å². The van der Waals surface area contributed by atoms with Gasteiger partial charge in [0.25, 0.3) is 0 Å². The number of oxazole rings is 1. The van der Waals surface area contributed by atoms with Gasteiger partial charge in [-0.05, 0) is 25.1 Å². The first kappa shape index (κ1) is 13.6. The summed E-state index contributed by atoms with van der Waals surface area (Å²) < 4.78 is 44.5. The quantitative estimate of drug-likeness (QED) is 0.669.